The Morgan fingerprint density at radius 3 is 2.10 bits per heavy atom. The highest BCUT2D eigenvalue weighted by Gasteiger charge is 2.36. The second-order valence-electron chi connectivity index (χ2n) is 11.4. The molecular weight excluding hydrogens is 660 g/mol. The lowest BCUT2D eigenvalue weighted by Crippen LogP contribution is -2.60. The lowest BCUT2D eigenvalue weighted by molar-refractivity contribution is -0.136. The number of hydrogen-bond donors (Lipinski definition) is 10. The highest BCUT2D eigenvalue weighted by atomic mass is 16.3. The van der Waals surface area contributed by atoms with Gasteiger partial charge in [0.2, 0.25) is 53.2 Å². The van der Waals surface area contributed by atoms with Crippen molar-refractivity contribution in [2.45, 2.75) is 75.2 Å². The maximum absolute atomic E-state index is 13.8. The van der Waals surface area contributed by atoms with E-state index in [1.807, 2.05) is 0 Å². The number of aliphatic hydroxyl groups is 1. The molecule has 0 radical (unpaired) electrons. The standard InChI is InChI=1S/C30H44N10O10/c31-11-5-4-8-17(27(47)39-21(15-41)26(34)46)36-30(50)20-13-25(45)40(16-6-2-1-3-7-16)14-24(44)35-18(9-10-22(32)42)28(48)37-19(12-23(33)43)29(49)38-20/h1-3,6-7,17-21,41H,4-5,8-15,31H2,(H2,32,42)(H2,33,43)(H2,34,46)(H,35,44)(H,36,50)(H,37,48)(H,38,49)(H,39,47)/t17-,18-,19-,20+,21-/m0/s1. The van der Waals surface area contributed by atoms with Crippen molar-refractivity contribution in [3.05, 3.63) is 30.3 Å². The summed E-state index contributed by atoms with van der Waals surface area (Å²) in [6.45, 7) is -1.26. The zero-order valence-electron chi connectivity index (χ0n) is 27.2. The average Bonchev–Trinajstić information content (AvgIpc) is 3.06. The van der Waals surface area contributed by atoms with Crippen molar-refractivity contribution in [2.24, 2.45) is 22.9 Å². The van der Waals surface area contributed by atoms with E-state index >= 15 is 0 Å². The molecule has 274 valence electrons. The Kier molecular flexibility index (Phi) is 16.2. The molecule has 50 heavy (non-hydrogen) atoms. The predicted octanol–water partition coefficient (Wildman–Crippen LogP) is -5.41. The van der Waals surface area contributed by atoms with Crippen LogP contribution in [0.25, 0.3) is 0 Å². The van der Waals surface area contributed by atoms with Crippen LogP contribution in [0.4, 0.5) is 5.69 Å². The van der Waals surface area contributed by atoms with Gasteiger partial charge in [-0.25, -0.2) is 0 Å². The van der Waals surface area contributed by atoms with Crippen LogP contribution in [0.2, 0.25) is 0 Å². The highest BCUT2D eigenvalue weighted by Crippen LogP contribution is 2.16. The number of para-hydroxylation sites is 1. The molecule has 0 aromatic heterocycles. The number of nitrogens with one attached hydrogen (secondary N) is 5. The summed E-state index contributed by atoms with van der Waals surface area (Å²) in [6.07, 6.45) is -1.50. The predicted molar refractivity (Wildman–Crippen MR) is 174 cm³/mol. The molecule has 0 saturated carbocycles. The van der Waals surface area contributed by atoms with Crippen molar-refractivity contribution in [1.82, 2.24) is 26.6 Å². The van der Waals surface area contributed by atoms with Gasteiger partial charge in [0.15, 0.2) is 0 Å². The van der Waals surface area contributed by atoms with Crippen LogP contribution in [0.5, 0.6) is 0 Å². The molecule has 0 bridgehead atoms. The number of hydrogen-bond acceptors (Lipinski definition) is 11. The highest BCUT2D eigenvalue weighted by molar-refractivity contribution is 6.04. The van der Waals surface area contributed by atoms with Crippen LogP contribution >= 0.6 is 0 Å². The fourth-order valence-electron chi connectivity index (χ4n) is 4.83. The number of primary amides is 3. The first-order valence-corrected chi connectivity index (χ1v) is 15.7. The van der Waals surface area contributed by atoms with Gasteiger partial charge in [0, 0.05) is 12.1 Å². The summed E-state index contributed by atoms with van der Waals surface area (Å²) in [4.78, 5) is 117. The quantitative estimate of drug-likeness (QED) is 0.0724. The van der Waals surface area contributed by atoms with Gasteiger partial charge < -0.3 is 59.5 Å². The van der Waals surface area contributed by atoms with Crippen molar-refractivity contribution in [1.29, 1.82) is 0 Å². The number of nitrogens with zero attached hydrogens (tertiary/aromatic N) is 1. The molecule has 0 aliphatic carbocycles. The SMILES string of the molecule is NCCCC[C@H](NC(=O)[C@H]1CC(=O)N(c2ccccc2)CC(=O)N[C@@H](CCC(N)=O)C(=O)N[C@@H](CC(N)=O)C(=O)N1)C(=O)N[C@@H](CO)C(N)=O. The van der Waals surface area contributed by atoms with E-state index in [1.54, 1.807) is 18.2 Å². The molecule has 1 aliphatic rings. The van der Waals surface area contributed by atoms with Crippen LogP contribution < -0.4 is 54.4 Å². The molecule has 1 heterocycles. The summed E-state index contributed by atoms with van der Waals surface area (Å²) in [7, 11) is 0. The fraction of sp³-hybridized carbons (Fsp3) is 0.500. The van der Waals surface area contributed by atoms with E-state index in [9.17, 15) is 48.3 Å². The van der Waals surface area contributed by atoms with Crippen molar-refractivity contribution < 1.29 is 48.3 Å². The summed E-state index contributed by atoms with van der Waals surface area (Å²) in [6, 6.07) is -0.0165. The Labute approximate surface area is 286 Å². The Bertz CT molecular complexity index is 1430. The molecule has 20 heteroatoms. The van der Waals surface area contributed by atoms with E-state index in [0.717, 1.165) is 4.90 Å². The first kappa shape index (κ1) is 40.5. The number of benzene rings is 1. The summed E-state index contributed by atoms with van der Waals surface area (Å²) in [5, 5.41) is 21.1. The van der Waals surface area contributed by atoms with Gasteiger partial charge >= 0.3 is 0 Å². The maximum atomic E-state index is 13.8. The van der Waals surface area contributed by atoms with E-state index in [4.69, 9.17) is 22.9 Å². The molecule has 5 atom stereocenters. The first-order valence-electron chi connectivity index (χ1n) is 15.7. The molecule has 0 spiro atoms. The van der Waals surface area contributed by atoms with Gasteiger partial charge in [-0.05, 0) is 44.4 Å². The zero-order valence-corrected chi connectivity index (χ0v) is 27.2. The van der Waals surface area contributed by atoms with E-state index < -0.39 is 109 Å². The topological polar surface area (TPSA) is 341 Å². The zero-order chi connectivity index (χ0) is 37.4. The number of nitrogens with two attached hydrogens (primary N) is 4. The molecule has 1 saturated heterocycles. The van der Waals surface area contributed by atoms with Gasteiger partial charge in [-0.15, -0.1) is 0 Å². The number of unbranched alkanes of at least 4 members (excludes halogenated alkanes) is 1. The molecule has 14 N–H and O–H groups in total. The van der Waals surface area contributed by atoms with E-state index in [-0.39, 0.29) is 31.5 Å². The van der Waals surface area contributed by atoms with Crippen LogP contribution in [-0.4, -0.2) is 108 Å². The van der Waals surface area contributed by atoms with Gasteiger partial charge in [-0.3, -0.25) is 43.2 Å². The monoisotopic (exact) mass is 704 g/mol. The number of rotatable bonds is 16. The molecule has 1 aliphatic heterocycles. The lowest BCUT2D eigenvalue weighted by Gasteiger charge is -2.27. The lowest BCUT2D eigenvalue weighted by atomic mass is 10.0. The van der Waals surface area contributed by atoms with Crippen molar-refractivity contribution >= 4 is 58.9 Å². The van der Waals surface area contributed by atoms with Crippen LogP contribution in [0, 0.1) is 0 Å². The fourth-order valence-corrected chi connectivity index (χ4v) is 4.83. The number of carbonyl (C=O) groups excluding carboxylic acids is 9. The van der Waals surface area contributed by atoms with Crippen LogP contribution in [0.3, 0.4) is 0 Å². The van der Waals surface area contributed by atoms with Crippen LogP contribution in [0.15, 0.2) is 30.3 Å². The molecule has 0 unspecified atom stereocenters. The smallest absolute Gasteiger partial charge is 0.243 e. The van der Waals surface area contributed by atoms with Gasteiger partial charge in [-0.1, -0.05) is 18.2 Å². The van der Waals surface area contributed by atoms with E-state index in [0.29, 0.717) is 12.8 Å². The number of anilines is 1. The third-order valence-corrected chi connectivity index (χ3v) is 7.47. The number of carbonyl (C=O) groups is 9. The van der Waals surface area contributed by atoms with E-state index in [2.05, 4.69) is 26.6 Å². The minimum absolute atomic E-state index is 0.0241. The summed E-state index contributed by atoms with van der Waals surface area (Å²) in [5.74, 6) is -8.72. The molecule has 1 aromatic carbocycles. The minimum atomic E-state index is -1.77. The number of aliphatic hydroxyl groups excluding tert-OH is 1. The van der Waals surface area contributed by atoms with Gasteiger partial charge in [0.25, 0.3) is 0 Å². The summed E-state index contributed by atoms with van der Waals surface area (Å²) in [5.41, 5.74) is 21.5. The Morgan fingerprint density at radius 2 is 1.52 bits per heavy atom. The maximum Gasteiger partial charge on any atom is 0.243 e. The van der Waals surface area contributed by atoms with Gasteiger partial charge in [0.1, 0.15) is 36.8 Å². The molecule has 1 fully saturated rings. The molecular formula is C30H44N10O10. The Morgan fingerprint density at radius 1 is 0.860 bits per heavy atom. The molecule has 20 nitrogen and oxygen atoms in total. The third-order valence-electron chi connectivity index (χ3n) is 7.47. The number of amides is 9. The average molecular weight is 705 g/mol. The van der Waals surface area contributed by atoms with Crippen molar-refractivity contribution in [3.8, 4) is 0 Å². The summed E-state index contributed by atoms with van der Waals surface area (Å²) < 4.78 is 0. The third kappa shape index (κ3) is 13.1. The van der Waals surface area contributed by atoms with Gasteiger partial charge in [-0.2, -0.15) is 0 Å². The van der Waals surface area contributed by atoms with Crippen LogP contribution in [0.1, 0.15) is 44.9 Å². The molecule has 2 rings (SSSR count). The summed E-state index contributed by atoms with van der Waals surface area (Å²) >= 11 is 0. The molecule has 9 amide bonds. The minimum Gasteiger partial charge on any atom is -0.394 e. The first-order chi connectivity index (χ1) is 23.7. The Balaban J connectivity index is 2.57. The largest absolute Gasteiger partial charge is 0.394 e. The second-order valence-corrected chi connectivity index (χ2v) is 11.4. The van der Waals surface area contributed by atoms with E-state index in [1.165, 1.54) is 12.1 Å². The van der Waals surface area contributed by atoms with Crippen molar-refractivity contribution in [2.75, 3.05) is 24.6 Å². The van der Waals surface area contributed by atoms with Gasteiger partial charge in [0.05, 0.1) is 19.4 Å². The Hall–Kier alpha value is -5.63. The second kappa shape index (κ2) is 20.0. The molecule has 1 aromatic rings. The van der Waals surface area contributed by atoms with Crippen molar-refractivity contribution in [3.63, 3.8) is 0 Å². The van der Waals surface area contributed by atoms with Crippen LogP contribution in [-0.2, 0) is 43.2 Å². The normalized spacial score (nSPS) is 20.0.